The van der Waals surface area contributed by atoms with E-state index in [1.807, 2.05) is 0 Å². The van der Waals surface area contributed by atoms with Gasteiger partial charge in [0.25, 0.3) is 0 Å². The van der Waals surface area contributed by atoms with Gasteiger partial charge in [0.05, 0.1) is 25.9 Å². The Bertz CT molecular complexity index is 517. The second kappa shape index (κ2) is 10.8. The number of aryl methyl sites for hydroxylation is 1. The largest absolute Gasteiger partial charge is 0.376 e. The number of hydrogen-bond acceptors (Lipinski definition) is 2. The first-order valence-corrected chi connectivity index (χ1v) is 9.67. The van der Waals surface area contributed by atoms with Gasteiger partial charge in [-0.2, -0.15) is 0 Å². The molecule has 3 aliphatic rings. The maximum atomic E-state index is 5.56. The van der Waals surface area contributed by atoms with Gasteiger partial charge < -0.3 is 9.47 Å². The molecule has 0 saturated carbocycles. The Labute approximate surface area is 141 Å². The summed E-state index contributed by atoms with van der Waals surface area (Å²) in [5.74, 6) is 0. The molecule has 2 heteroatoms. The summed E-state index contributed by atoms with van der Waals surface area (Å²) in [4.78, 5) is 0. The van der Waals surface area contributed by atoms with E-state index < -0.39 is 0 Å². The molecule has 2 nitrogen and oxygen atoms in total. The topological polar surface area (TPSA) is 18.5 Å². The fourth-order valence-electron chi connectivity index (χ4n) is 3.12. The predicted octanol–water partition coefficient (Wildman–Crippen LogP) is 5.39. The molecule has 0 aromatic heterocycles. The van der Waals surface area contributed by atoms with Crippen LogP contribution in [0.3, 0.4) is 0 Å². The van der Waals surface area contributed by atoms with Crippen LogP contribution in [0.1, 0.15) is 70.8 Å². The van der Waals surface area contributed by atoms with Crippen molar-refractivity contribution in [3.63, 3.8) is 0 Å². The van der Waals surface area contributed by atoms with E-state index in [1.54, 1.807) is 5.56 Å². The summed E-state index contributed by atoms with van der Waals surface area (Å²) in [5, 5.41) is 3.01. The highest BCUT2D eigenvalue weighted by Crippen LogP contribution is 2.17. The van der Waals surface area contributed by atoms with Crippen LogP contribution in [-0.4, -0.2) is 25.9 Å². The summed E-state index contributed by atoms with van der Waals surface area (Å²) in [6, 6.07) is 6.72. The van der Waals surface area contributed by atoms with Crippen molar-refractivity contribution in [2.24, 2.45) is 0 Å². The first-order chi connectivity index (χ1) is 11.3. The van der Waals surface area contributed by atoms with Crippen LogP contribution >= 0.6 is 0 Å². The van der Waals surface area contributed by atoms with Crippen LogP contribution < -0.4 is 0 Å². The van der Waals surface area contributed by atoms with E-state index in [1.165, 1.54) is 68.2 Å². The van der Waals surface area contributed by atoms with Gasteiger partial charge in [0, 0.05) is 0 Å². The van der Waals surface area contributed by atoms with Crippen LogP contribution in [0, 0.1) is 10.4 Å². The number of hydrogen-bond donors (Lipinski definition) is 0. The zero-order valence-corrected chi connectivity index (χ0v) is 15.1. The Balaban J connectivity index is 0.000000172. The van der Waals surface area contributed by atoms with Crippen molar-refractivity contribution in [3.8, 4) is 0 Å². The highest BCUT2D eigenvalue weighted by molar-refractivity contribution is 5.33. The lowest BCUT2D eigenvalue weighted by Gasteiger charge is -2.22. The van der Waals surface area contributed by atoms with Gasteiger partial charge in [0.1, 0.15) is 0 Å². The van der Waals surface area contributed by atoms with Crippen molar-refractivity contribution in [1.29, 1.82) is 0 Å². The summed E-state index contributed by atoms with van der Waals surface area (Å²) in [5.41, 5.74) is 1.58. The number of rotatable bonds is 9. The SMILES string of the molecule is CCCCCCCC1COCCO1.CCCCc1cc2ccc1=2. The van der Waals surface area contributed by atoms with Crippen LogP contribution in [0.5, 0.6) is 0 Å². The molecule has 1 fully saturated rings. The minimum atomic E-state index is 0.385. The van der Waals surface area contributed by atoms with Crippen LogP contribution in [0.15, 0.2) is 18.2 Å². The fourth-order valence-corrected chi connectivity index (χ4v) is 3.12. The fraction of sp³-hybridized carbons (Fsp3) is 0.714. The van der Waals surface area contributed by atoms with Crippen LogP contribution in [0.25, 0.3) is 0 Å². The first-order valence-electron chi connectivity index (χ1n) is 9.67. The molecule has 0 spiro atoms. The second-order valence-corrected chi connectivity index (χ2v) is 6.75. The molecule has 1 aliphatic heterocycles. The summed E-state index contributed by atoms with van der Waals surface area (Å²) >= 11 is 0. The molecule has 3 rings (SSSR count). The average molecular weight is 319 g/mol. The quantitative estimate of drug-likeness (QED) is 0.577. The lowest BCUT2D eigenvalue weighted by molar-refractivity contribution is -0.0912. The Morgan fingerprint density at radius 1 is 0.957 bits per heavy atom. The van der Waals surface area contributed by atoms with Crippen LogP contribution in [0.2, 0.25) is 0 Å². The third-order valence-electron chi connectivity index (χ3n) is 4.73. The van der Waals surface area contributed by atoms with Crippen molar-refractivity contribution in [2.75, 3.05) is 19.8 Å². The van der Waals surface area contributed by atoms with Gasteiger partial charge in [0.2, 0.25) is 0 Å². The molecule has 0 N–H and O–H groups in total. The van der Waals surface area contributed by atoms with Crippen molar-refractivity contribution in [3.05, 3.63) is 34.2 Å². The van der Waals surface area contributed by atoms with Gasteiger partial charge in [-0.3, -0.25) is 0 Å². The van der Waals surface area contributed by atoms with Gasteiger partial charge in [-0.05, 0) is 35.3 Å². The molecule has 0 radical (unpaired) electrons. The molecule has 1 atom stereocenters. The van der Waals surface area contributed by atoms with E-state index in [2.05, 4.69) is 32.0 Å². The minimum Gasteiger partial charge on any atom is -0.376 e. The maximum Gasteiger partial charge on any atom is 0.0809 e. The van der Waals surface area contributed by atoms with Crippen molar-refractivity contribution in [2.45, 2.75) is 77.7 Å². The molecule has 2 aliphatic carbocycles. The van der Waals surface area contributed by atoms with Crippen molar-refractivity contribution < 1.29 is 9.47 Å². The molecular weight excluding hydrogens is 284 g/mol. The van der Waals surface area contributed by atoms with Crippen molar-refractivity contribution >= 4 is 0 Å². The molecule has 0 bridgehead atoms. The molecule has 0 aromatic carbocycles. The molecule has 0 amide bonds. The number of unbranched alkanes of at least 4 members (excludes halogenated alkanes) is 5. The normalized spacial score (nSPS) is 18.3. The van der Waals surface area contributed by atoms with E-state index in [4.69, 9.17) is 9.47 Å². The Morgan fingerprint density at radius 2 is 1.78 bits per heavy atom. The van der Waals surface area contributed by atoms with Gasteiger partial charge in [-0.1, -0.05) is 70.6 Å². The highest BCUT2D eigenvalue weighted by atomic mass is 16.6. The monoisotopic (exact) mass is 318 g/mol. The van der Waals surface area contributed by atoms with E-state index in [-0.39, 0.29) is 0 Å². The molecule has 130 valence electrons. The van der Waals surface area contributed by atoms with E-state index in [0.717, 1.165) is 19.8 Å². The Hall–Kier alpha value is -0.860. The predicted molar refractivity (Wildman–Crippen MR) is 96.7 cm³/mol. The van der Waals surface area contributed by atoms with Crippen molar-refractivity contribution in [1.82, 2.24) is 0 Å². The van der Waals surface area contributed by atoms with Crippen LogP contribution in [0.4, 0.5) is 0 Å². The summed E-state index contributed by atoms with van der Waals surface area (Å²) < 4.78 is 10.9. The first kappa shape index (κ1) is 18.5. The molecule has 23 heavy (non-hydrogen) atoms. The molecule has 0 aromatic rings. The van der Waals surface area contributed by atoms with Gasteiger partial charge in [-0.25, -0.2) is 0 Å². The summed E-state index contributed by atoms with van der Waals surface area (Å²) in [6.45, 7) is 6.88. The molecular formula is C21H34O2. The van der Waals surface area contributed by atoms with Crippen LogP contribution in [-0.2, 0) is 15.9 Å². The lowest BCUT2D eigenvalue weighted by atomic mass is 9.95. The molecule has 1 heterocycles. The zero-order chi connectivity index (χ0) is 16.3. The van der Waals surface area contributed by atoms with Gasteiger partial charge in [0.15, 0.2) is 0 Å². The summed E-state index contributed by atoms with van der Waals surface area (Å²) in [6.07, 6.45) is 12.2. The van der Waals surface area contributed by atoms with Gasteiger partial charge >= 0.3 is 0 Å². The number of ether oxygens (including phenoxy) is 2. The van der Waals surface area contributed by atoms with Gasteiger partial charge in [-0.15, -0.1) is 0 Å². The third kappa shape index (κ3) is 6.27. The third-order valence-corrected chi connectivity index (χ3v) is 4.73. The average Bonchev–Trinajstić information content (AvgIpc) is 2.57. The lowest BCUT2D eigenvalue weighted by Crippen LogP contribution is -2.28. The van der Waals surface area contributed by atoms with E-state index in [0.29, 0.717) is 6.10 Å². The Morgan fingerprint density at radius 3 is 2.35 bits per heavy atom. The minimum absolute atomic E-state index is 0.385. The highest BCUT2D eigenvalue weighted by Gasteiger charge is 2.12. The van der Waals surface area contributed by atoms with E-state index >= 15 is 0 Å². The molecule has 1 saturated heterocycles. The summed E-state index contributed by atoms with van der Waals surface area (Å²) in [7, 11) is 0. The maximum absolute atomic E-state index is 5.56. The Kier molecular flexibility index (Phi) is 8.70. The second-order valence-electron chi connectivity index (χ2n) is 6.75. The smallest absolute Gasteiger partial charge is 0.0809 e. The van der Waals surface area contributed by atoms with E-state index in [9.17, 15) is 0 Å². The zero-order valence-electron chi connectivity index (χ0n) is 15.1. The standard InChI is InChI=1S/C11H22O2.C10H12/c1-2-3-4-5-6-7-11-10-12-8-9-13-11;1-2-3-4-8-7-9-5-6-10(8)9/h11H,2-10H2,1H3;5-7H,2-4H2,1H3. The molecule has 1 unspecified atom stereocenters. The number of benzene rings is 1.